The molecule has 0 unspecified atom stereocenters. The van der Waals surface area contributed by atoms with Crippen molar-refractivity contribution in [1.82, 2.24) is 15.0 Å². The SMILES string of the molecule is [c]1n[c]nc(-c2ccccc2)n1. The number of nitrogens with zero attached hydrogens (tertiary/aromatic N) is 3. The minimum absolute atomic E-state index is 0.602. The highest BCUT2D eigenvalue weighted by Gasteiger charge is 1.96. The molecule has 0 amide bonds. The lowest BCUT2D eigenvalue weighted by atomic mass is 10.2. The molecule has 3 nitrogen and oxygen atoms in total. The molecule has 1 aromatic carbocycles. The summed E-state index contributed by atoms with van der Waals surface area (Å²) in [6.07, 6.45) is 4.88. The van der Waals surface area contributed by atoms with E-state index in [-0.39, 0.29) is 0 Å². The van der Waals surface area contributed by atoms with E-state index < -0.39 is 0 Å². The van der Waals surface area contributed by atoms with Crippen molar-refractivity contribution >= 4 is 0 Å². The Kier molecular flexibility index (Phi) is 1.78. The lowest BCUT2D eigenvalue weighted by Crippen LogP contribution is -1.88. The van der Waals surface area contributed by atoms with Gasteiger partial charge in [-0.15, -0.1) is 0 Å². The predicted molar refractivity (Wildman–Crippen MR) is 42.9 cm³/mol. The highest BCUT2D eigenvalue weighted by atomic mass is 15.0. The summed E-state index contributed by atoms with van der Waals surface area (Å²) in [5.74, 6) is 0.602. The van der Waals surface area contributed by atoms with Gasteiger partial charge in [0, 0.05) is 5.56 Å². The molecule has 0 spiro atoms. The van der Waals surface area contributed by atoms with Gasteiger partial charge in [-0.05, 0) is 0 Å². The summed E-state index contributed by atoms with van der Waals surface area (Å²) in [6, 6.07) is 9.66. The van der Waals surface area contributed by atoms with Gasteiger partial charge in [-0.1, -0.05) is 30.3 Å². The van der Waals surface area contributed by atoms with Gasteiger partial charge in [0.25, 0.3) is 0 Å². The van der Waals surface area contributed by atoms with E-state index in [2.05, 4.69) is 27.6 Å². The van der Waals surface area contributed by atoms with Crippen LogP contribution in [-0.2, 0) is 0 Å². The second kappa shape index (κ2) is 3.09. The van der Waals surface area contributed by atoms with Crippen molar-refractivity contribution in [3.05, 3.63) is 43.0 Å². The summed E-state index contributed by atoms with van der Waals surface area (Å²) in [7, 11) is 0. The maximum atomic E-state index is 3.87. The molecular formula is C9H5N3. The Morgan fingerprint density at radius 1 is 0.917 bits per heavy atom. The van der Waals surface area contributed by atoms with Crippen molar-refractivity contribution in [2.24, 2.45) is 0 Å². The number of aromatic nitrogens is 3. The van der Waals surface area contributed by atoms with Crippen LogP contribution in [0.2, 0.25) is 0 Å². The minimum Gasteiger partial charge on any atom is -0.205 e. The average Bonchev–Trinajstić information content (AvgIpc) is 2.21. The van der Waals surface area contributed by atoms with Crippen LogP contribution in [0.15, 0.2) is 30.3 Å². The summed E-state index contributed by atoms with van der Waals surface area (Å²) < 4.78 is 0. The van der Waals surface area contributed by atoms with Gasteiger partial charge < -0.3 is 0 Å². The Hall–Kier alpha value is -1.77. The van der Waals surface area contributed by atoms with E-state index in [1.54, 1.807) is 0 Å². The van der Waals surface area contributed by atoms with Crippen LogP contribution >= 0.6 is 0 Å². The first-order chi connectivity index (χ1) is 5.97. The molecule has 0 fully saturated rings. The zero-order chi connectivity index (χ0) is 8.23. The molecular weight excluding hydrogens is 150 g/mol. The first-order valence-corrected chi connectivity index (χ1v) is 3.50. The van der Waals surface area contributed by atoms with Gasteiger partial charge in [0.2, 0.25) is 12.7 Å². The molecule has 0 aliphatic heterocycles. The van der Waals surface area contributed by atoms with Gasteiger partial charge >= 0.3 is 0 Å². The van der Waals surface area contributed by atoms with E-state index in [1.165, 1.54) is 0 Å². The maximum absolute atomic E-state index is 3.87. The molecule has 12 heavy (non-hydrogen) atoms. The number of benzene rings is 1. The van der Waals surface area contributed by atoms with E-state index in [1.807, 2.05) is 30.3 Å². The summed E-state index contributed by atoms with van der Waals surface area (Å²) in [4.78, 5) is 11.2. The first kappa shape index (κ1) is 6.91. The van der Waals surface area contributed by atoms with Crippen LogP contribution in [0.3, 0.4) is 0 Å². The van der Waals surface area contributed by atoms with Gasteiger partial charge in [0.15, 0.2) is 5.82 Å². The molecule has 2 rings (SSSR count). The highest BCUT2D eigenvalue weighted by molar-refractivity contribution is 5.53. The van der Waals surface area contributed by atoms with Crippen LogP contribution in [0.4, 0.5) is 0 Å². The molecule has 2 aromatic rings. The van der Waals surface area contributed by atoms with Gasteiger partial charge in [-0.3, -0.25) is 0 Å². The quantitative estimate of drug-likeness (QED) is 0.619. The van der Waals surface area contributed by atoms with Crippen molar-refractivity contribution in [1.29, 1.82) is 0 Å². The Balaban J connectivity index is 2.46. The van der Waals surface area contributed by atoms with Gasteiger partial charge in [0.1, 0.15) is 0 Å². The number of hydrogen-bond donors (Lipinski definition) is 0. The number of hydrogen-bond acceptors (Lipinski definition) is 3. The van der Waals surface area contributed by atoms with Crippen LogP contribution in [0, 0.1) is 12.7 Å². The normalized spacial score (nSPS) is 9.67. The predicted octanol–water partition coefficient (Wildman–Crippen LogP) is 1.14. The van der Waals surface area contributed by atoms with Crippen LogP contribution in [0.5, 0.6) is 0 Å². The van der Waals surface area contributed by atoms with Crippen molar-refractivity contribution < 1.29 is 0 Å². The molecule has 0 aliphatic rings. The lowest BCUT2D eigenvalue weighted by molar-refractivity contribution is 1.03. The third-order valence-corrected chi connectivity index (χ3v) is 1.44. The van der Waals surface area contributed by atoms with E-state index in [4.69, 9.17) is 0 Å². The smallest absolute Gasteiger partial charge is 0.202 e. The van der Waals surface area contributed by atoms with Gasteiger partial charge in [0.05, 0.1) is 0 Å². The monoisotopic (exact) mass is 155 g/mol. The fourth-order valence-corrected chi connectivity index (χ4v) is 0.908. The zero-order valence-electron chi connectivity index (χ0n) is 6.23. The Bertz CT molecular complexity index is 307. The van der Waals surface area contributed by atoms with Gasteiger partial charge in [-0.2, -0.15) is 0 Å². The molecule has 2 radical (unpaired) electrons. The van der Waals surface area contributed by atoms with Crippen LogP contribution < -0.4 is 0 Å². The molecule has 1 heterocycles. The average molecular weight is 155 g/mol. The van der Waals surface area contributed by atoms with E-state index >= 15 is 0 Å². The van der Waals surface area contributed by atoms with E-state index in [0.717, 1.165) is 5.56 Å². The summed E-state index contributed by atoms with van der Waals surface area (Å²) in [5, 5.41) is 0. The Morgan fingerprint density at radius 3 is 2.25 bits per heavy atom. The summed E-state index contributed by atoms with van der Waals surface area (Å²) >= 11 is 0. The van der Waals surface area contributed by atoms with Crippen LogP contribution in [-0.4, -0.2) is 15.0 Å². The molecule has 0 saturated carbocycles. The second-order valence-corrected chi connectivity index (χ2v) is 2.23. The molecule has 0 N–H and O–H groups in total. The molecule has 0 saturated heterocycles. The summed E-state index contributed by atoms with van der Waals surface area (Å²) in [5.41, 5.74) is 0.951. The fraction of sp³-hybridized carbons (Fsp3) is 0. The Labute approximate surface area is 70.1 Å². The molecule has 1 aromatic heterocycles. The van der Waals surface area contributed by atoms with E-state index in [0.29, 0.717) is 5.82 Å². The molecule has 0 aliphatic carbocycles. The van der Waals surface area contributed by atoms with Gasteiger partial charge in [-0.25, -0.2) is 15.0 Å². The fourth-order valence-electron chi connectivity index (χ4n) is 0.908. The lowest BCUT2D eigenvalue weighted by Gasteiger charge is -1.94. The maximum Gasteiger partial charge on any atom is 0.202 e. The standard InChI is InChI=1S/C9H5N3/c1-2-4-8(5-3-1)9-11-6-10-7-12-9/h1-5H. The number of rotatable bonds is 1. The van der Waals surface area contributed by atoms with Crippen LogP contribution in [0.25, 0.3) is 11.4 Å². The third kappa shape index (κ3) is 1.29. The molecule has 0 bridgehead atoms. The largest absolute Gasteiger partial charge is 0.205 e. The highest BCUT2D eigenvalue weighted by Crippen LogP contribution is 2.10. The second-order valence-electron chi connectivity index (χ2n) is 2.23. The molecule has 56 valence electrons. The first-order valence-electron chi connectivity index (χ1n) is 3.50. The Morgan fingerprint density at radius 2 is 1.58 bits per heavy atom. The zero-order valence-corrected chi connectivity index (χ0v) is 6.23. The minimum atomic E-state index is 0.602. The molecule has 0 atom stereocenters. The van der Waals surface area contributed by atoms with Crippen molar-refractivity contribution in [3.8, 4) is 11.4 Å². The van der Waals surface area contributed by atoms with Crippen molar-refractivity contribution in [2.45, 2.75) is 0 Å². The van der Waals surface area contributed by atoms with E-state index in [9.17, 15) is 0 Å². The molecule has 3 heteroatoms. The topological polar surface area (TPSA) is 38.7 Å². The van der Waals surface area contributed by atoms with Crippen LogP contribution in [0.1, 0.15) is 0 Å². The third-order valence-electron chi connectivity index (χ3n) is 1.44. The van der Waals surface area contributed by atoms with Crippen molar-refractivity contribution in [2.75, 3.05) is 0 Å². The van der Waals surface area contributed by atoms with Crippen molar-refractivity contribution in [3.63, 3.8) is 0 Å². The summed E-state index contributed by atoms with van der Waals surface area (Å²) in [6.45, 7) is 0.